The normalized spacial score (nSPS) is 22.0. The van der Waals surface area contributed by atoms with Crippen molar-refractivity contribution in [3.05, 3.63) is 29.8 Å². The largest absolute Gasteiger partial charge is 0.339 e. The Kier molecular flexibility index (Phi) is 6.82. The molecule has 3 heterocycles. The lowest BCUT2D eigenvalue weighted by Gasteiger charge is -2.40. The van der Waals surface area contributed by atoms with Gasteiger partial charge in [-0.3, -0.25) is 14.5 Å². The first-order valence-corrected chi connectivity index (χ1v) is 11.3. The Labute approximate surface area is 174 Å². The Morgan fingerprint density at radius 2 is 1.45 bits per heavy atom. The summed E-state index contributed by atoms with van der Waals surface area (Å²) in [6, 6.07) is 8.02. The predicted octanol–water partition coefficient (Wildman–Crippen LogP) is 2.81. The number of nitrogens with one attached hydrogen (secondary N) is 1. The average Bonchev–Trinajstić information content (AvgIpc) is 3.30. The molecule has 0 bridgehead atoms. The summed E-state index contributed by atoms with van der Waals surface area (Å²) in [5.41, 5.74) is 1.46. The second-order valence-electron chi connectivity index (χ2n) is 8.73. The van der Waals surface area contributed by atoms with Gasteiger partial charge in [0.15, 0.2) is 0 Å². The highest BCUT2D eigenvalue weighted by Crippen LogP contribution is 2.21. The van der Waals surface area contributed by atoms with Crippen molar-refractivity contribution in [3.8, 4) is 0 Å². The van der Waals surface area contributed by atoms with Crippen LogP contribution in [0.2, 0.25) is 0 Å². The van der Waals surface area contributed by atoms with Crippen LogP contribution in [-0.4, -0.2) is 78.4 Å². The number of benzene rings is 1. The highest BCUT2D eigenvalue weighted by Gasteiger charge is 2.26. The lowest BCUT2D eigenvalue weighted by atomic mass is 10.00. The van der Waals surface area contributed by atoms with Crippen LogP contribution in [0.5, 0.6) is 0 Å². The Morgan fingerprint density at radius 3 is 2.10 bits per heavy atom. The summed E-state index contributed by atoms with van der Waals surface area (Å²) in [5, 5.41) is 2.98. The van der Waals surface area contributed by atoms with Crippen LogP contribution in [0.25, 0.3) is 0 Å². The van der Waals surface area contributed by atoms with E-state index in [9.17, 15) is 9.59 Å². The van der Waals surface area contributed by atoms with Gasteiger partial charge >= 0.3 is 0 Å². The van der Waals surface area contributed by atoms with Crippen molar-refractivity contribution in [3.63, 3.8) is 0 Å². The van der Waals surface area contributed by atoms with Gasteiger partial charge in [-0.1, -0.05) is 6.42 Å². The minimum Gasteiger partial charge on any atom is -0.339 e. The molecule has 29 heavy (non-hydrogen) atoms. The van der Waals surface area contributed by atoms with E-state index in [-0.39, 0.29) is 11.8 Å². The number of piperidine rings is 2. The SMILES string of the molecule is O=C(CN1CCC(N2CCCCC2)CC1)Nc1ccc(C(=O)N2CCCC2)cc1. The summed E-state index contributed by atoms with van der Waals surface area (Å²) < 4.78 is 0. The van der Waals surface area contributed by atoms with Crippen molar-refractivity contribution < 1.29 is 9.59 Å². The molecular weight excluding hydrogens is 364 g/mol. The van der Waals surface area contributed by atoms with Crippen LogP contribution in [0, 0.1) is 0 Å². The molecule has 6 nitrogen and oxygen atoms in total. The van der Waals surface area contributed by atoms with Crippen molar-refractivity contribution in [1.82, 2.24) is 14.7 Å². The van der Waals surface area contributed by atoms with E-state index in [1.54, 1.807) is 0 Å². The standard InChI is InChI=1S/C23H34N4O2/c28-22(18-25-16-10-21(11-17-25)26-12-2-1-3-13-26)24-20-8-6-19(7-9-20)23(29)27-14-4-5-15-27/h6-9,21H,1-5,10-18H2,(H,24,28). The summed E-state index contributed by atoms with van der Waals surface area (Å²) in [4.78, 5) is 31.7. The van der Waals surface area contributed by atoms with E-state index < -0.39 is 0 Å². The van der Waals surface area contributed by atoms with Gasteiger partial charge in [0.05, 0.1) is 6.54 Å². The summed E-state index contributed by atoms with van der Waals surface area (Å²) in [6.45, 7) is 6.65. The lowest BCUT2D eigenvalue weighted by Crippen LogP contribution is -2.48. The zero-order valence-corrected chi connectivity index (χ0v) is 17.4. The van der Waals surface area contributed by atoms with Gasteiger partial charge < -0.3 is 15.1 Å². The zero-order valence-electron chi connectivity index (χ0n) is 17.4. The average molecular weight is 399 g/mol. The Bertz CT molecular complexity index is 685. The van der Waals surface area contributed by atoms with E-state index >= 15 is 0 Å². The minimum absolute atomic E-state index is 0.0278. The minimum atomic E-state index is 0.0278. The number of rotatable bonds is 5. The van der Waals surface area contributed by atoms with E-state index in [1.807, 2.05) is 29.2 Å². The second kappa shape index (κ2) is 9.72. The van der Waals surface area contributed by atoms with Gasteiger partial charge in [-0.25, -0.2) is 0 Å². The number of amides is 2. The molecule has 3 aliphatic rings. The molecule has 158 valence electrons. The molecule has 4 rings (SSSR count). The van der Waals surface area contributed by atoms with E-state index in [2.05, 4.69) is 15.1 Å². The van der Waals surface area contributed by atoms with Gasteiger partial charge in [0.25, 0.3) is 5.91 Å². The number of anilines is 1. The molecule has 3 fully saturated rings. The Hall–Kier alpha value is -1.92. The van der Waals surface area contributed by atoms with Gasteiger partial charge in [-0.2, -0.15) is 0 Å². The lowest BCUT2D eigenvalue weighted by molar-refractivity contribution is -0.117. The molecule has 0 spiro atoms. The molecule has 1 N–H and O–H groups in total. The number of hydrogen-bond acceptors (Lipinski definition) is 4. The van der Waals surface area contributed by atoms with Crippen LogP contribution in [-0.2, 0) is 4.79 Å². The maximum atomic E-state index is 12.5. The van der Waals surface area contributed by atoms with Gasteiger partial charge in [0.2, 0.25) is 5.91 Å². The molecule has 0 aliphatic carbocycles. The molecule has 0 aromatic heterocycles. The maximum absolute atomic E-state index is 12.5. The zero-order chi connectivity index (χ0) is 20.1. The smallest absolute Gasteiger partial charge is 0.253 e. The van der Waals surface area contributed by atoms with Crippen molar-refractivity contribution in [1.29, 1.82) is 0 Å². The fraction of sp³-hybridized carbons (Fsp3) is 0.652. The molecule has 0 radical (unpaired) electrons. The summed E-state index contributed by atoms with van der Waals surface area (Å²) in [7, 11) is 0. The number of hydrogen-bond donors (Lipinski definition) is 1. The molecule has 6 heteroatoms. The fourth-order valence-corrected chi connectivity index (χ4v) is 4.93. The molecule has 0 unspecified atom stereocenters. The third-order valence-corrected chi connectivity index (χ3v) is 6.64. The van der Waals surface area contributed by atoms with Crippen molar-refractivity contribution in [2.75, 3.05) is 51.1 Å². The number of carbonyl (C=O) groups excluding carboxylic acids is 2. The monoisotopic (exact) mass is 398 g/mol. The first kappa shape index (κ1) is 20.4. The van der Waals surface area contributed by atoms with Gasteiger partial charge in [0.1, 0.15) is 0 Å². The maximum Gasteiger partial charge on any atom is 0.253 e. The first-order chi connectivity index (χ1) is 14.2. The Balaban J connectivity index is 1.21. The third kappa shape index (κ3) is 5.37. The fourth-order valence-electron chi connectivity index (χ4n) is 4.93. The summed E-state index contributed by atoms with van der Waals surface area (Å²) >= 11 is 0. The summed E-state index contributed by atoms with van der Waals surface area (Å²) in [6.07, 6.45) is 8.57. The van der Waals surface area contributed by atoms with Crippen molar-refractivity contribution in [2.24, 2.45) is 0 Å². The number of carbonyl (C=O) groups is 2. The molecule has 0 saturated carbocycles. The molecule has 3 aliphatic heterocycles. The van der Waals surface area contributed by atoms with E-state index in [0.717, 1.165) is 44.7 Å². The van der Waals surface area contributed by atoms with Crippen LogP contribution in [0.15, 0.2) is 24.3 Å². The van der Waals surface area contributed by atoms with E-state index in [1.165, 1.54) is 45.2 Å². The van der Waals surface area contributed by atoms with Crippen molar-refractivity contribution in [2.45, 2.75) is 51.0 Å². The van der Waals surface area contributed by atoms with Gasteiger partial charge in [0, 0.05) is 43.5 Å². The molecular formula is C23H34N4O2. The topological polar surface area (TPSA) is 55.9 Å². The molecule has 0 atom stereocenters. The van der Waals surface area contributed by atoms with Crippen LogP contribution in [0.3, 0.4) is 0 Å². The number of nitrogens with zero attached hydrogens (tertiary/aromatic N) is 3. The van der Waals surface area contributed by atoms with E-state index in [4.69, 9.17) is 0 Å². The van der Waals surface area contributed by atoms with E-state index in [0.29, 0.717) is 18.2 Å². The quantitative estimate of drug-likeness (QED) is 0.829. The molecule has 1 aromatic rings. The van der Waals surface area contributed by atoms with Gasteiger partial charge in [-0.05, 0) is 75.9 Å². The highest BCUT2D eigenvalue weighted by molar-refractivity contribution is 5.96. The van der Waals surface area contributed by atoms with Crippen LogP contribution in [0.4, 0.5) is 5.69 Å². The van der Waals surface area contributed by atoms with Crippen LogP contribution >= 0.6 is 0 Å². The van der Waals surface area contributed by atoms with Crippen molar-refractivity contribution >= 4 is 17.5 Å². The molecule has 2 amide bonds. The summed E-state index contributed by atoms with van der Waals surface area (Å²) in [5.74, 6) is 0.122. The number of likely N-dealkylation sites (tertiary alicyclic amines) is 3. The third-order valence-electron chi connectivity index (χ3n) is 6.64. The highest BCUT2D eigenvalue weighted by atomic mass is 16.2. The first-order valence-electron chi connectivity index (χ1n) is 11.3. The van der Waals surface area contributed by atoms with Crippen LogP contribution < -0.4 is 5.32 Å². The Morgan fingerprint density at radius 1 is 0.828 bits per heavy atom. The predicted molar refractivity (Wildman–Crippen MR) is 115 cm³/mol. The van der Waals surface area contributed by atoms with Gasteiger partial charge in [-0.15, -0.1) is 0 Å². The van der Waals surface area contributed by atoms with Crippen LogP contribution in [0.1, 0.15) is 55.3 Å². The molecule has 1 aromatic carbocycles. The second-order valence-corrected chi connectivity index (χ2v) is 8.73. The molecule has 3 saturated heterocycles.